The number of fused-ring (bicyclic) bond motifs is 1. The lowest BCUT2D eigenvalue weighted by Crippen LogP contribution is -2.06. The van der Waals surface area contributed by atoms with Crippen molar-refractivity contribution in [2.24, 2.45) is 0 Å². The lowest BCUT2D eigenvalue weighted by Gasteiger charge is -2.03. The van der Waals surface area contributed by atoms with Crippen LogP contribution < -0.4 is 0 Å². The van der Waals surface area contributed by atoms with Gasteiger partial charge in [0.2, 0.25) is 0 Å². The third-order valence-electron chi connectivity index (χ3n) is 3.30. The predicted molar refractivity (Wildman–Crippen MR) is 95.6 cm³/mol. The molecule has 1 aromatic carbocycles. The summed E-state index contributed by atoms with van der Waals surface area (Å²) < 4.78 is 4.96. The van der Waals surface area contributed by atoms with Crippen molar-refractivity contribution in [1.29, 1.82) is 5.26 Å². The van der Waals surface area contributed by atoms with E-state index < -0.39 is 12.6 Å². The van der Waals surface area contributed by atoms with Crippen LogP contribution in [0.2, 0.25) is 0 Å². The number of aliphatic hydroxyl groups excluding tert-OH is 1. The number of benzene rings is 1. The molecule has 0 bridgehead atoms. The average molecular weight is 351 g/mol. The summed E-state index contributed by atoms with van der Waals surface area (Å²) in [7, 11) is 0. The Balaban J connectivity index is 1.71. The Labute approximate surface area is 147 Å². The summed E-state index contributed by atoms with van der Waals surface area (Å²) in [5.41, 5.74) is 1.36. The molecule has 0 aliphatic heterocycles. The Morgan fingerprint density at radius 1 is 1.36 bits per heavy atom. The first-order valence-corrected chi connectivity index (χ1v) is 8.21. The van der Waals surface area contributed by atoms with Gasteiger partial charge in [-0.2, -0.15) is 5.26 Å². The molecule has 2 N–H and O–H groups in total. The van der Waals surface area contributed by atoms with Crippen molar-refractivity contribution in [3.63, 3.8) is 0 Å². The van der Waals surface area contributed by atoms with Crippen LogP contribution >= 0.6 is 11.3 Å². The lowest BCUT2D eigenvalue weighted by molar-refractivity contribution is -0.137. The number of thiophene rings is 1. The zero-order valence-corrected chi connectivity index (χ0v) is 13.8. The molecule has 0 radical (unpaired) electrons. The maximum atomic E-state index is 11.7. The molecule has 2 heterocycles. The number of rotatable bonds is 5. The second kappa shape index (κ2) is 7.47. The normalized spacial score (nSPS) is 12.1. The fraction of sp³-hybridized carbons (Fsp3) is 0.0556. The molecule has 2 aromatic heterocycles. The molecule has 7 heteroatoms. The van der Waals surface area contributed by atoms with Gasteiger partial charge in [0.05, 0.1) is 11.0 Å². The van der Waals surface area contributed by atoms with Crippen LogP contribution in [0.1, 0.15) is 10.7 Å². The maximum absolute atomic E-state index is 11.7. The summed E-state index contributed by atoms with van der Waals surface area (Å²) in [6, 6.07) is 12.9. The second-order valence-corrected chi connectivity index (χ2v) is 5.97. The van der Waals surface area contributed by atoms with Crippen LogP contribution in [-0.2, 0) is 9.53 Å². The molecule has 0 unspecified atom stereocenters. The van der Waals surface area contributed by atoms with Crippen LogP contribution in [0.3, 0.4) is 0 Å². The molecule has 0 saturated heterocycles. The molecule has 0 saturated carbocycles. The van der Waals surface area contributed by atoms with Gasteiger partial charge in [0.25, 0.3) is 0 Å². The number of aliphatic hydroxyl groups is 1. The predicted octanol–water partition coefficient (Wildman–Crippen LogP) is 3.67. The van der Waals surface area contributed by atoms with E-state index in [1.54, 1.807) is 12.1 Å². The minimum Gasteiger partial charge on any atom is -0.507 e. The average Bonchev–Trinajstić information content (AvgIpc) is 3.28. The maximum Gasteiger partial charge on any atom is 0.331 e. The topological polar surface area (TPSA) is 99.0 Å². The number of nitriles is 1. The summed E-state index contributed by atoms with van der Waals surface area (Å²) in [5, 5.41) is 21.3. The number of nitrogens with one attached hydrogen (secondary N) is 1. The summed E-state index contributed by atoms with van der Waals surface area (Å²) >= 11 is 1.49. The van der Waals surface area contributed by atoms with E-state index in [0.29, 0.717) is 5.52 Å². The van der Waals surface area contributed by atoms with Crippen LogP contribution in [-0.4, -0.2) is 27.7 Å². The highest BCUT2D eigenvalue weighted by Crippen LogP contribution is 2.18. The Kier molecular flexibility index (Phi) is 4.92. The van der Waals surface area contributed by atoms with Crippen molar-refractivity contribution in [3.05, 3.63) is 64.3 Å². The Hall–Kier alpha value is -3.37. The molecule has 0 fully saturated rings. The zero-order chi connectivity index (χ0) is 17.6. The van der Waals surface area contributed by atoms with Gasteiger partial charge in [-0.3, -0.25) is 0 Å². The van der Waals surface area contributed by atoms with Crippen molar-refractivity contribution in [2.45, 2.75) is 0 Å². The van der Waals surface area contributed by atoms with Crippen LogP contribution in [0.5, 0.6) is 0 Å². The number of para-hydroxylation sites is 2. The molecule has 0 aliphatic carbocycles. The minimum atomic E-state index is -0.609. The van der Waals surface area contributed by atoms with Gasteiger partial charge < -0.3 is 14.8 Å². The van der Waals surface area contributed by atoms with E-state index in [1.807, 2.05) is 41.8 Å². The molecule has 0 aliphatic rings. The largest absolute Gasteiger partial charge is 0.507 e. The highest BCUT2D eigenvalue weighted by Gasteiger charge is 2.14. The molecular formula is C18H13N3O3S. The number of allylic oxidation sites excluding steroid dienone is 1. The number of aromatic nitrogens is 2. The smallest absolute Gasteiger partial charge is 0.331 e. The number of hydrogen-bond donors (Lipinski definition) is 2. The van der Waals surface area contributed by atoms with Crippen LogP contribution in [0.15, 0.2) is 53.6 Å². The summed E-state index contributed by atoms with van der Waals surface area (Å²) in [6.07, 6.45) is 2.89. The van der Waals surface area contributed by atoms with E-state index in [0.717, 1.165) is 10.4 Å². The van der Waals surface area contributed by atoms with Crippen LogP contribution in [0.4, 0.5) is 0 Å². The molecule has 0 amide bonds. The van der Waals surface area contributed by atoms with Crippen molar-refractivity contribution in [3.8, 4) is 6.07 Å². The van der Waals surface area contributed by atoms with Gasteiger partial charge in [0.15, 0.2) is 11.6 Å². The van der Waals surface area contributed by atoms with Crippen LogP contribution in [0, 0.1) is 11.3 Å². The van der Waals surface area contributed by atoms with Gasteiger partial charge in [-0.05, 0) is 29.7 Å². The van der Waals surface area contributed by atoms with Crippen LogP contribution in [0.25, 0.3) is 22.7 Å². The first-order valence-electron chi connectivity index (χ1n) is 7.33. The van der Waals surface area contributed by atoms with E-state index in [-0.39, 0.29) is 17.2 Å². The number of carbonyl (C=O) groups is 1. The van der Waals surface area contributed by atoms with E-state index in [4.69, 9.17) is 4.74 Å². The molecule has 3 rings (SSSR count). The number of imidazole rings is 1. The van der Waals surface area contributed by atoms with E-state index in [2.05, 4.69) is 9.97 Å². The highest BCUT2D eigenvalue weighted by atomic mass is 32.1. The molecule has 3 aromatic rings. The molecule has 0 spiro atoms. The fourth-order valence-electron chi connectivity index (χ4n) is 2.12. The Bertz CT molecular complexity index is 961. The van der Waals surface area contributed by atoms with Crippen molar-refractivity contribution in [2.75, 3.05) is 6.61 Å². The highest BCUT2D eigenvalue weighted by molar-refractivity contribution is 7.10. The van der Waals surface area contributed by atoms with Crippen molar-refractivity contribution >= 4 is 40.0 Å². The first-order chi connectivity index (χ1) is 12.2. The van der Waals surface area contributed by atoms with Gasteiger partial charge in [-0.1, -0.05) is 18.2 Å². The van der Waals surface area contributed by atoms with Gasteiger partial charge in [-0.25, -0.2) is 9.78 Å². The third-order valence-corrected chi connectivity index (χ3v) is 4.14. The summed E-state index contributed by atoms with van der Waals surface area (Å²) in [6.45, 7) is -0.409. The van der Waals surface area contributed by atoms with Gasteiger partial charge in [0, 0.05) is 11.0 Å². The van der Waals surface area contributed by atoms with E-state index in [1.165, 1.54) is 17.4 Å². The number of hydrogen-bond acceptors (Lipinski definition) is 6. The number of carbonyl (C=O) groups excluding carboxylic acids is 1. The van der Waals surface area contributed by atoms with Gasteiger partial charge >= 0.3 is 5.97 Å². The number of nitrogens with zero attached hydrogens (tertiary/aromatic N) is 2. The monoisotopic (exact) mass is 351 g/mol. The Morgan fingerprint density at radius 2 is 2.20 bits per heavy atom. The number of ether oxygens (including phenoxy) is 1. The quantitative estimate of drug-likeness (QED) is 0.316. The molecule has 6 nitrogen and oxygen atoms in total. The minimum absolute atomic E-state index is 0.0637. The number of esters is 1. The lowest BCUT2D eigenvalue weighted by atomic mass is 10.2. The molecule has 124 valence electrons. The molecular weight excluding hydrogens is 338 g/mol. The standard InChI is InChI=1S/C18H13N3O3S/c19-10-13(18-20-14-5-1-2-6-15(14)21-18)16(22)11-24-17(23)8-7-12-4-3-9-25-12/h1-9,22H,11H2,(H,20,21)/b8-7+,16-13+. The first kappa shape index (κ1) is 16.5. The SMILES string of the molecule is N#C/C(=C(\O)COC(=O)/C=C/c1cccs1)c1nc2ccccc2[nH]1. The van der Waals surface area contributed by atoms with Crippen molar-refractivity contribution in [1.82, 2.24) is 9.97 Å². The molecule has 25 heavy (non-hydrogen) atoms. The Morgan fingerprint density at radius 3 is 2.92 bits per heavy atom. The van der Waals surface area contributed by atoms with E-state index >= 15 is 0 Å². The van der Waals surface area contributed by atoms with Crippen molar-refractivity contribution < 1.29 is 14.6 Å². The van der Waals surface area contributed by atoms with E-state index in [9.17, 15) is 15.2 Å². The second-order valence-electron chi connectivity index (χ2n) is 4.99. The number of H-pyrrole nitrogens is 1. The third kappa shape index (κ3) is 3.94. The van der Waals surface area contributed by atoms with Gasteiger partial charge in [-0.15, -0.1) is 11.3 Å². The van der Waals surface area contributed by atoms with Gasteiger partial charge in [0.1, 0.15) is 18.2 Å². The summed E-state index contributed by atoms with van der Waals surface area (Å²) in [5.74, 6) is -0.743. The number of aromatic amines is 1. The fourth-order valence-corrected chi connectivity index (χ4v) is 2.74. The zero-order valence-electron chi connectivity index (χ0n) is 13.0. The summed E-state index contributed by atoms with van der Waals surface area (Å²) in [4.78, 5) is 19.8. The molecule has 0 atom stereocenters.